The number of benzene rings is 1. The summed E-state index contributed by atoms with van der Waals surface area (Å²) in [7, 11) is 0. The maximum absolute atomic E-state index is 11.9. The van der Waals surface area contributed by atoms with E-state index < -0.39 is 11.9 Å². The van der Waals surface area contributed by atoms with Gasteiger partial charge in [-0.1, -0.05) is 18.2 Å². The Labute approximate surface area is 106 Å². The molecule has 0 saturated heterocycles. The molecule has 1 aromatic carbocycles. The molecule has 0 aliphatic rings. The molecule has 1 aromatic rings. The van der Waals surface area contributed by atoms with Crippen LogP contribution >= 0.6 is 0 Å². The first kappa shape index (κ1) is 13.8. The highest BCUT2D eigenvalue weighted by atomic mass is 16.5. The van der Waals surface area contributed by atoms with Crippen molar-refractivity contribution in [2.75, 3.05) is 6.61 Å². The predicted molar refractivity (Wildman–Crippen MR) is 67.4 cm³/mol. The molecule has 0 bridgehead atoms. The first-order valence-corrected chi connectivity index (χ1v) is 5.56. The van der Waals surface area contributed by atoms with Gasteiger partial charge < -0.3 is 15.8 Å². The molecule has 0 unspecified atom stereocenters. The second kappa shape index (κ2) is 6.44. The van der Waals surface area contributed by atoms with Crippen LogP contribution in [-0.4, -0.2) is 18.5 Å². The van der Waals surface area contributed by atoms with Gasteiger partial charge in [-0.25, -0.2) is 4.79 Å². The lowest BCUT2D eigenvalue weighted by Crippen LogP contribution is -2.31. The molecule has 0 aliphatic carbocycles. The number of carbonyl (C=O) groups is 2. The van der Waals surface area contributed by atoms with Crippen LogP contribution in [0.1, 0.15) is 24.2 Å². The Balaban J connectivity index is 2.84. The van der Waals surface area contributed by atoms with Crippen molar-refractivity contribution in [3.8, 4) is 0 Å². The van der Waals surface area contributed by atoms with Gasteiger partial charge in [-0.05, 0) is 26.0 Å². The lowest BCUT2D eigenvalue weighted by Gasteiger charge is -2.10. The molecule has 1 rings (SSSR count). The zero-order chi connectivity index (χ0) is 13.5. The number of ether oxygens (including phenoxy) is 1. The molecule has 5 nitrogen and oxygen atoms in total. The molecular formula is C13H16N2O3. The Kier molecular flexibility index (Phi) is 4.92. The second-order valence-corrected chi connectivity index (χ2v) is 3.60. The minimum atomic E-state index is -0.637. The maximum atomic E-state index is 11.9. The van der Waals surface area contributed by atoms with Gasteiger partial charge in [0.15, 0.2) is 0 Å². The molecule has 0 atom stereocenters. The van der Waals surface area contributed by atoms with E-state index >= 15 is 0 Å². The summed E-state index contributed by atoms with van der Waals surface area (Å²) in [6, 6.07) is 8.55. The fraction of sp³-hybridized carbons (Fsp3) is 0.231. The summed E-state index contributed by atoms with van der Waals surface area (Å²) in [4.78, 5) is 23.4. The number of nitrogens with two attached hydrogens (primary N) is 1. The van der Waals surface area contributed by atoms with Gasteiger partial charge in [0.2, 0.25) is 0 Å². The largest absolute Gasteiger partial charge is 0.461 e. The third-order valence-electron chi connectivity index (χ3n) is 2.15. The molecule has 0 heterocycles. The highest BCUT2D eigenvalue weighted by Crippen LogP contribution is 2.03. The average molecular weight is 248 g/mol. The molecular weight excluding hydrogens is 232 g/mol. The lowest BCUT2D eigenvalue weighted by atomic mass is 10.2. The van der Waals surface area contributed by atoms with E-state index in [9.17, 15) is 9.59 Å². The maximum Gasteiger partial charge on any atom is 0.356 e. The van der Waals surface area contributed by atoms with E-state index in [2.05, 4.69) is 5.32 Å². The van der Waals surface area contributed by atoms with Crippen LogP contribution in [0.15, 0.2) is 41.7 Å². The van der Waals surface area contributed by atoms with E-state index in [1.165, 1.54) is 6.92 Å². The highest BCUT2D eigenvalue weighted by molar-refractivity contribution is 6.01. The molecule has 0 saturated carbocycles. The van der Waals surface area contributed by atoms with Crippen LogP contribution in [0.3, 0.4) is 0 Å². The highest BCUT2D eigenvalue weighted by Gasteiger charge is 2.16. The van der Waals surface area contributed by atoms with Crippen molar-refractivity contribution in [1.29, 1.82) is 0 Å². The molecule has 1 amide bonds. The van der Waals surface area contributed by atoms with Crippen molar-refractivity contribution in [1.82, 2.24) is 5.32 Å². The predicted octanol–water partition coefficient (Wildman–Crippen LogP) is 1.17. The third kappa shape index (κ3) is 3.62. The summed E-state index contributed by atoms with van der Waals surface area (Å²) in [5, 5.41) is 2.46. The summed E-state index contributed by atoms with van der Waals surface area (Å²) in [6.07, 6.45) is 0. The molecule has 0 spiro atoms. The Morgan fingerprint density at radius 1 is 1.28 bits per heavy atom. The Bertz CT molecular complexity index is 462. The van der Waals surface area contributed by atoms with E-state index in [-0.39, 0.29) is 18.0 Å². The minimum absolute atomic E-state index is 0.0225. The fourth-order valence-corrected chi connectivity index (χ4v) is 1.29. The van der Waals surface area contributed by atoms with Gasteiger partial charge in [0.25, 0.3) is 5.91 Å². The second-order valence-electron chi connectivity index (χ2n) is 3.60. The smallest absolute Gasteiger partial charge is 0.356 e. The number of esters is 1. The summed E-state index contributed by atoms with van der Waals surface area (Å²) < 4.78 is 4.81. The van der Waals surface area contributed by atoms with Crippen LogP contribution < -0.4 is 11.1 Å². The van der Waals surface area contributed by atoms with E-state index in [4.69, 9.17) is 10.5 Å². The molecule has 18 heavy (non-hydrogen) atoms. The van der Waals surface area contributed by atoms with Gasteiger partial charge in [-0.3, -0.25) is 4.79 Å². The van der Waals surface area contributed by atoms with Crippen LogP contribution in [-0.2, 0) is 9.53 Å². The Morgan fingerprint density at radius 3 is 2.39 bits per heavy atom. The van der Waals surface area contributed by atoms with E-state index in [0.29, 0.717) is 5.56 Å². The average Bonchev–Trinajstić information content (AvgIpc) is 2.36. The summed E-state index contributed by atoms with van der Waals surface area (Å²) in [5.41, 5.74) is 6.19. The first-order valence-electron chi connectivity index (χ1n) is 5.56. The SMILES string of the molecule is CCOC(=O)/C(NC(=O)c1ccccc1)=C(/C)N. The van der Waals surface area contributed by atoms with E-state index in [1.807, 2.05) is 0 Å². The zero-order valence-corrected chi connectivity index (χ0v) is 10.4. The Morgan fingerprint density at radius 2 is 1.89 bits per heavy atom. The summed E-state index contributed by atoms with van der Waals surface area (Å²) in [6.45, 7) is 3.43. The van der Waals surface area contributed by atoms with Gasteiger partial charge in [0, 0.05) is 11.3 Å². The minimum Gasteiger partial charge on any atom is -0.461 e. The van der Waals surface area contributed by atoms with Gasteiger partial charge in [-0.15, -0.1) is 0 Å². The normalized spacial score (nSPS) is 11.4. The topological polar surface area (TPSA) is 81.4 Å². The van der Waals surface area contributed by atoms with Crippen molar-refractivity contribution < 1.29 is 14.3 Å². The molecule has 0 radical (unpaired) electrons. The number of hydrogen-bond acceptors (Lipinski definition) is 4. The van der Waals surface area contributed by atoms with Crippen LogP contribution in [0, 0.1) is 0 Å². The number of allylic oxidation sites excluding steroid dienone is 1. The van der Waals surface area contributed by atoms with Gasteiger partial charge in [0.05, 0.1) is 6.61 Å². The standard InChI is InChI=1S/C13H16N2O3/c1-3-18-13(17)11(9(2)14)15-12(16)10-7-5-4-6-8-10/h4-8H,3,14H2,1-2H3,(H,15,16)/b11-9+. The van der Waals surface area contributed by atoms with Gasteiger partial charge in [-0.2, -0.15) is 0 Å². The van der Waals surface area contributed by atoms with Gasteiger partial charge >= 0.3 is 5.97 Å². The lowest BCUT2D eigenvalue weighted by molar-refractivity contribution is -0.138. The molecule has 0 fully saturated rings. The first-order chi connectivity index (χ1) is 8.56. The van der Waals surface area contributed by atoms with Crippen LogP contribution in [0.4, 0.5) is 0 Å². The molecule has 0 aromatic heterocycles. The number of nitrogens with one attached hydrogen (secondary N) is 1. The fourth-order valence-electron chi connectivity index (χ4n) is 1.29. The van der Waals surface area contributed by atoms with Gasteiger partial charge in [0.1, 0.15) is 5.70 Å². The number of rotatable bonds is 4. The molecule has 5 heteroatoms. The van der Waals surface area contributed by atoms with Crippen molar-refractivity contribution in [2.45, 2.75) is 13.8 Å². The van der Waals surface area contributed by atoms with E-state index in [1.54, 1.807) is 37.3 Å². The monoisotopic (exact) mass is 248 g/mol. The van der Waals surface area contributed by atoms with E-state index in [0.717, 1.165) is 0 Å². The molecule has 0 aliphatic heterocycles. The van der Waals surface area contributed by atoms with Crippen LogP contribution in [0.25, 0.3) is 0 Å². The van der Waals surface area contributed by atoms with Crippen molar-refractivity contribution in [3.63, 3.8) is 0 Å². The summed E-state index contributed by atoms with van der Waals surface area (Å²) >= 11 is 0. The van der Waals surface area contributed by atoms with Crippen molar-refractivity contribution in [2.24, 2.45) is 5.73 Å². The number of amides is 1. The van der Waals surface area contributed by atoms with Crippen molar-refractivity contribution in [3.05, 3.63) is 47.3 Å². The van der Waals surface area contributed by atoms with Crippen LogP contribution in [0.2, 0.25) is 0 Å². The third-order valence-corrected chi connectivity index (χ3v) is 2.15. The number of hydrogen-bond donors (Lipinski definition) is 2. The zero-order valence-electron chi connectivity index (χ0n) is 10.4. The van der Waals surface area contributed by atoms with Crippen molar-refractivity contribution >= 4 is 11.9 Å². The number of carbonyl (C=O) groups excluding carboxylic acids is 2. The Hall–Kier alpha value is -2.30. The molecule has 3 N–H and O–H groups in total. The molecule has 96 valence electrons. The van der Waals surface area contributed by atoms with Crippen LogP contribution in [0.5, 0.6) is 0 Å². The summed E-state index contributed by atoms with van der Waals surface area (Å²) in [5.74, 6) is -1.04. The quantitative estimate of drug-likeness (QED) is 0.619.